The van der Waals surface area contributed by atoms with E-state index in [-0.39, 0.29) is 5.91 Å². The predicted octanol–water partition coefficient (Wildman–Crippen LogP) is 5.58. The summed E-state index contributed by atoms with van der Waals surface area (Å²) in [6, 6.07) is 22.5. The molecule has 0 radical (unpaired) electrons. The number of hydrogen-bond acceptors (Lipinski definition) is 4. The van der Waals surface area contributed by atoms with Gasteiger partial charge in [-0.3, -0.25) is 4.79 Å². The van der Waals surface area contributed by atoms with E-state index in [1.165, 1.54) is 0 Å². The largest absolute Gasteiger partial charge is 0.494 e. The molecule has 154 valence electrons. The van der Waals surface area contributed by atoms with Crippen LogP contribution in [0.1, 0.15) is 34.8 Å². The molecule has 0 saturated carbocycles. The summed E-state index contributed by atoms with van der Waals surface area (Å²) in [6.07, 6.45) is 2.51. The molecule has 0 heterocycles. The highest BCUT2D eigenvalue weighted by atomic mass is 79.9. The van der Waals surface area contributed by atoms with E-state index in [1.807, 2.05) is 55.5 Å². The van der Waals surface area contributed by atoms with Crippen LogP contribution in [0.3, 0.4) is 0 Å². The van der Waals surface area contributed by atoms with Crippen molar-refractivity contribution in [1.82, 2.24) is 5.43 Å². The average molecular weight is 467 g/mol. The SMILES string of the molecule is CCCOc1ccc(C(=O)N/N=C\c2ccccc2OCc2ccc(Br)cc2)cc1. The molecule has 3 rings (SSSR count). The maximum absolute atomic E-state index is 12.3. The van der Waals surface area contributed by atoms with Crippen LogP contribution in [0, 0.1) is 0 Å². The summed E-state index contributed by atoms with van der Waals surface area (Å²) in [5.74, 6) is 1.14. The molecule has 0 aliphatic carbocycles. The Balaban J connectivity index is 1.58. The summed E-state index contributed by atoms with van der Waals surface area (Å²) in [4.78, 5) is 12.3. The van der Waals surface area contributed by atoms with Crippen molar-refractivity contribution < 1.29 is 14.3 Å². The minimum Gasteiger partial charge on any atom is -0.494 e. The molecule has 3 aromatic carbocycles. The van der Waals surface area contributed by atoms with Crippen LogP contribution < -0.4 is 14.9 Å². The van der Waals surface area contributed by atoms with E-state index >= 15 is 0 Å². The molecule has 0 aliphatic heterocycles. The van der Waals surface area contributed by atoms with Gasteiger partial charge in [-0.05, 0) is 60.5 Å². The first-order chi connectivity index (χ1) is 14.7. The van der Waals surface area contributed by atoms with Gasteiger partial charge in [0, 0.05) is 15.6 Å². The Hall–Kier alpha value is -3.12. The monoisotopic (exact) mass is 466 g/mol. The zero-order valence-corrected chi connectivity index (χ0v) is 18.3. The quantitative estimate of drug-likeness (QED) is 0.330. The highest BCUT2D eigenvalue weighted by Crippen LogP contribution is 2.19. The second-order valence-corrected chi connectivity index (χ2v) is 7.44. The van der Waals surface area contributed by atoms with E-state index in [9.17, 15) is 4.79 Å². The minimum atomic E-state index is -0.290. The Bertz CT molecular complexity index is 986. The number of para-hydroxylation sites is 1. The predicted molar refractivity (Wildman–Crippen MR) is 122 cm³/mol. The average Bonchev–Trinajstić information content (AvgIpc) is 2.78. The fourth-order valence-corrected chi connectivity index (χ4v) is 2.87. The van der Waals surface area contributed by atoms with Crippen LogP contribution in [0.25, 0.3) is 0 Å². The summed E-state index contributed by atoms with van der Waals surface area (Å²) in [6.45, 7) is 3.14. The number of carbonyl (C=O) groups excluding carboxylic acids is 1. The number of ether oxygens (including phenoxy) is 2. The third-order valence-corrected chi connectivity index (χ3v) is 4.71. The molecule has 0 fully saturated rings. The number of carbonyl (C=O) groups is 1. The number of amides is 1. The lowest BCUT2D eigenvalue weighted by Crippen LogP contribution is -2.17. The van der Waals surface area contributed by atoms with Crippen LogP contribution in [-0.2, 0) is 6.61 Å². The highest BCUT2D eigenvalue weighted by Gasteiger charge is 2.05. The van der Waals surface area contributed by atoms with Gasteiger partial charge in [0.05, 0.1) is 12.8 Å². The van der Waals surface area contributed by atoms with E-state index in [1.54, 1.807) is 30.5 Å². The summed E-state index contributed by atoms with van der Waals surface area (Å²) < 4.78 is 12.5. The topological polar surface area (TPSA) is 59.9 Å². The fraction of sp³-hybridized carbons (Fsp3) is 0.167. The first-order valence-electron chi connectivity index (χ1n) is 9.68. The third kappa shape index (κ3) is 6.46. The Morgan fingerprint density at radius 1 is 1.00 bits per heavy atom. The van der Waals surface area contributed by atoms with Gasteiger partial charge in [-0.15, -0.1) is 0 Å². The van der Waals surface area contributed by atoms with Crippen molar-refractivity contribution in [2.75, 3.05) is 6.61 Å². The van der Waals surface area contributed by atoms with Crippen molar-refractivity contribution in [2.24, 2.45) is 5.10 Å². The molecule has 1 amide bonds. The summed E-state index contributed by atoms with van der Waals surface area (Å²) in [5, 5.41) is 4.08. The maximum atomic E-state index is 12.3. The van der Waals surface area contributed by atoms with Gasteiger partial charge >= 0.3 is 0 Å². The molecule has 6 heteroatoms. The number of hydrazone groups is 1. The molecular formula is C24H23BrN2O3. The molecule has 0 spiro atoms. The minimum absolute atomic E-state index is 0.290. The Morgan fingerprint density at radius 3 is 2.47 bits per heavy atom. The van der Waals surface area contributed by atoms with Gasteiger partial charge in [0.15, 0.2) is 0 Å². The maximum Gasteiger partial charge on any atom is 0.271 e. The van der Waals surface area contributed by atoms with Crippen LogP contribution in [0.5, 0.6) is 11.5 Å². The number of nitrogens with one attached hydrogen (secondary N) is 1. The normalized spacial score (nSPS) is 10.7. The Morgan fingerprint density at radius 2 is 1.73 bits per heavy atom. The van der Waals surface area contributed by atoms with Crippen molar-refractivity contribution in [3.8, 4) is 11.5 Å². The van der Waals surface area contributed by atoms with Gasteiger partial charge in [-0.1, -0.05) is 47.1 Å². The third-order valence-electron chi connectivity index (χ3n) is 4.19. The number of hydrogen-bond donors (Lipinski definition) is 1. The molecule has 3 aromatic rings. The Labute approximate surface area is 184 Å². The molecule has 0 bridgehead atoms. The van der Waals surface area contributed by atoms with Gasteiger partial charge in [0.25, 0.3) is 5.91 Å². The zero-order chi connectivity index (χ0) is 21.2. The van der Waals surface area contributed by atoms with Crippen LogP contribution >= 0.6 is 15.9 Å². The second kappa shape index (κ2) is 11.2. The zero-order valence-electron chi connectivity index (χ0n) is 16.7. The van der Waals surface area contributed by atoms with Crippen LogP contribution in [0.15, 0.2) is 82.4 Å². The molecule has 0 saturated heterocycles. The molecule has 0 unspecified atom stereocenters. The highest BCUT2D eigenvalue weighted by molar-refractivity contribution is 9.10. The lowest BCUT2D eigenvalue weighted by atomic mass is 10.2. The van der Waals surface area contributed by atoms with Gasteiger partial charge in [0.1, 0.15) is 18.1 Å². The van der Waals surface area contributed by atoms with Crippen LogP contribution in [0.2, 0.25) is 0 Å². The Kier molecular flexibility index (Phi) is 8.03. The summed E-state index contributed by atoms with van der Waals surface area (Å²) in [7, 11) is 0. The van der Waals surface area contributed by atoms with E-state index in [0.717, 1.165) is 27.8 Å². The lowest BCUT2D eigenvalue weighted by Gasteiger charge is -2.09. The van der Waals surface area contributed by atoms with E-state index in [0.29, 0.717) is 24.5 Å². The van der Waals surface area contributed by atoms with Crippen LogP contribution in [-0.4, -0.2) is 18.7 Å². The fourth-order valence-electron chi connectivity index (χ4n) is 2.61. The number of halogens is 1. The molecule has 30 heavy (non-hydrogen) atoms. The molecule has 0 aromatic heterocycles. The van der Waals surface area contributed by atoms with Gasteiger partial charge < -0.3 is 9.47 Å². The van der Waals surface area contributed by atoms with Gasteiger partial charge in [-0.2, -0.15) is 5.10 Å². The summed E-state index contributed by atoms with van der Waals surface area (Å²) in [5.41, 5.74) is 4.89. The molecule has 1 N–H and O–H groups in total. The molecule has 5 nitrogen and oxygen atoms in total. The van der Waals surface area contributed by atoms with E-state index in [4.69, 9.17) is 9.47 Å². The molecular weight excluding hydrogens is 444 g/mol. The van der Waals surface area contributed by atoms with Crippen LogP contribution in [0.4, 0.5) is 0 Å². The molecule has 0 atom stereocenters. The van der Waals surface area contributed by atoms with Crippen molar-refractivity contribution in [3.63, 3.8) is 0 Å². The van der Waals surface area contributed by atoms with Gasteiger partial charge in [-0.25, -0.2) is 5.43 Å². The van der Waals surface area contributed by atoms with Gasteiger partial charge in [0.2, 0.25) is 0 Å². The number of nitrogens with zero attached hydrogens (tertiary/aromatic N) is 1. The first kappa shape index (κ1) is 21.6. The number of benzene rings is 3. The molecule has 0 aliphatic rings. The lowest BCUT2D eigenvalue weighted by molar-refractivity contribution is 0.0955. The second-order valence-electron chi connectivity index (χ2n) is 6.52. The van der Waals surface area contributed by atoms with Crippen molar-refractivity contribution >= 4 is 28.1 Å². The standard InChI is InChI=1S/C24H23BrN2O3/c1-2-15-29-22-13-9-19(10-14-22)24(28)27-26-16-20-5-3-4-6-23(20)30-17-18-7-11-21(25)12-8-18/h3-14,16H,2,15,17H2,1H3,(H,27,28)/b26-16-. The summed E-state index contributed by atoms with van der Waals surface area (Å²) >= 11 is 3.42. The number of rotatable bonds is 9. The van der Waals surface area contributed by atoms with E-state index in [2.05, 4.69) is 26.5 Å². The van der Waals surface area contributed by atoms with Crippen molar-refractivity contribution in [3.05, 3.63) is 94.0 Å². The first-order valence-corrected chi connectivity index (χ1v) is 10.5. The van der Waals surface area contributed by atoms with Crippen molar-refractivity contribution in [2.45, 2.75) is 20.0 Å². The van der Waals surface area contributed by atoms with Crippen molar-refractivity contribution in [1.29, 1.82) is 0 Å². The smallest absolute Gasteiger partial charge is 0.271 e. The van der Waals surface area contributed by atoms with E-state index < -0.39 is 0 Å².